The van der Waals surface area contributed by atoms with Gasteiger partial charge in [0.25, 0.3) is 0 Å². The second kappa shape index (κ2) is 5.17. The lowest BCUT2D eigenvalue weighted by Crippen LogP contribution is -2.38. The van der Waals surface area contributed by atoms with Gasteiger partial charge in [0, 0.05) is 22.4 Å². The zero-order valence-corrected chi connectivity index (χ0v) is 12.0. The first-order valence-electron chi connectivity index (χ1n) is 5.42. The van der Waals surface area contributed by atoms with E-state index in [4.69, 9.17) is 5.73 Å². The Balaban J connectivity index is 2.12. The number of nitrogens with one attached hydrogen (secondary N) is 1. The van der Waals surface area contributed by atoms with Crippen LogP contribution in [0.2, 0.25) is 0 Å². The molecular formula is C10H16N2O2S3. The van der Waals surface area contributed by atoms with Gasteiger partial charge in [-0.25, -0.2) is 13.1 Å². The summed E-state index contributed by atoms with van der Waals surface area (Å²) < 4.78 is 27.3. The number of sulfonamides is 1. The van der Waals surface area contributed by atoms with E-state index in [0.29, 0.717) is 15.1 Å². The van der Waals surface area contributed by atoms with Crippen LogP contribution in [0.25, 0.3) is 0 Å². The quantitative estimate of drug-likeness (QED) is 0.889. The number of hydrogen-bond donors (Lipinski definition) is 2. The zero-order chi connectivity index (χ0) is 12.5. The number of nitrogens with two attached hydrogens (primary N) is 1. The van der Waals surface area contributed by atoms with Crippen molar-refractivity contribution in [2.75, 3.05) is 12.0 Å². The van der Waals surface area contributed by atoms with Crippen LogP contribution >= 0.6 is 23.1 Å². The minimum atomic E-state index is -3.39. The molecule has 3 N–H and O–H groups in total. The summed E-state index contributed by atoms with van der Waals surface area (Å²) in [6.07, 6.45) is 5.12. The van der Waals surface area contributed by atoms with Gasteiger partial charge < -0.3 is 5.73 Å². The minimum absolute atomic E-state index is 0.0540. The minimum Gasteiger partial charge on any atom is -0.398 e. The summed E-state index contributed by atoms with van der Waals surface area (Å²) in [4.78, 5) is 0. The Morgan fingerprint density at radius 3 is 2.88 bits per heavy atom. The number of thioether (sulfide) groups is 1. The van der Waals surface area contributed by atoms with E-state index in [1.807, 2.05) is 6.26 Å². The fourth-order valence-corrected chi connectivity index (χ4v) is 5.50. The lowest BCUT2D eigenvalue weighted by molar-refractivity contribution is 0.557. The van der Waals surface area contributed by atoms with E-state index >= 15 is 0 Å². The summed E-state index contributed by atoms with van der Waals surface area (Å²) in [5.74, 6) is 0. The predicted molar refractivity (Wildman–Crippen MR) is 74.0 cm³/mol. The molecule has 1 heterocycles. The molecule has 2 rings (SSSR count). The van der Waals surface area contributed by atoms with Gasteiger partial charge in [0.2, 0.25) is 10.0 Å². The third kappa shape index (κ3) is 2.96. The van der Waals surface area contributed by atoms with Crippen molar-refractivity contribution in [2.45, 2.75) is 34.8 Å². The first kappa shape index (κ1) is 13.2. The van der Waals surface area contributed by atoms with Crippen LogP contribution in [0, 0.1) is 0 Å². The maximum absolute atomic E-state index is 12.1. The average Bonchev–Trinajstić information content (AvgIpc) is 2.86. The molecule has 96 valence electrons. The number of nitrogen functional groups attached to an aromatic ring is 1. The van der Waals surface area contributed by atoms with Crippen LogP contribution in [-0.2, 0) is 10.0 Å². The van der Waals surface area contributed by atoms with Crippen molar-refractivity contribution >= 4 is 38.8 Å². The first-order chi connectivity index (χ1) is 8.03. The molecule has 4 nitrogen and oxygen atoms in total. The topological polar surface area (TPSA) is 72.2 Å². The molecule has 2 unspecified atom stereocenters. The summed E-state index contributed by atoms with van der Waals surface area (Å²) in [6.45, 7) is 0. The lowest BCUT2D eigenvalue weighted by atomic mass is 10.3. The summed E-state index contributed by atoms with van der Waals surface area (Å²) in [5, 5.41) is 2.04. The van der Waals surface area contributed by atoms with E-state index in [0.717, 1.165) is 19.3 Å². The van der Waals surface area contributed by atoms with Crippen LogP contribution in [0.5, 0.6) is 0 Å². The number of thiophene rings is 1. The monoisotopic (exact) mass is 292 g/mol. The highest BCUT2D eigenvalue weighted by Crippen LogP contribution is 2.30. The van der Waals surface area contributed by atoms with E-state index in [2.05, 4.69) is 4.72 Å². The second-order valence-electron chi connectivity index (χ2n) is 4.13. The second-order valence-corrected chi connectivity index (χ2v) is 8.06. The molecule has 17 heavy (non-hydrogen) atoms. The molecule has 0 aromatic carbocycles. The highest BCUT2D eigenvalue weighted by Gasteiger charge is 2.31. The van der Waals surface area contributed by atoms with Gasteiger partial charge in [-0.2, -0.15) is 11.8 Å². The first-order valence-corrected chi connectivity index (χ1v) is 9.07. The van der Waals surface area contributed by atoms with Crippen LogP contribution in [0.15, 0.2) is 15.7 Å². The Morgan fingerprint density at radius 2 is 2.29 bits per heavy atom. The fourth-order valence-electron chi connectivity index (χ4n) is 2.07. The summed E-state index contributed by atoms with van der Waals surface area (Å²) in [5.41, 5.74) is 6.05. The number of rotatable bonds is 4. The smallest absolute Gasteiger partial charge is 0.250 e. The van der Waals surface area contributed by atoms with Crippen molar-refractivity contribution in [1.82, 2.24) is 4.72 Å². The highest BCUT2D eigenvalue weighted by molar-refractivity contribution is 7.99. The van der Waals surface area contributed by atoms with Gasteiger partial charge >= 0.3 is 0 Å². The van der Waals surface area contributed by atoms with Gasteiger partial charge in [0.1, 0.15) is 4.21 Å². The molecule has 1 saturated carbocycles. The van der Waals surface area contributed by atoms with E-state index in [1.54, 1.807) is 17.1 Å². The Bertz CT molecular complexity index is 483. The van der Waals surface area contributed by atoms with Gasteiger partial charge in [-0.3, -0.25) is 0 Å². The molecule has 1 aromatic rings. The normalized spacial score (nSPS) is 25.2. The van der Waals surface area contributed by atoms with Gasteiger partial charge in [-0.15, -0.1) is 11.3 Å². The Labute approximate surface area is 110 Å². The maximum atomic E-state index is 12.1. The van der Waals surface area contributed by atoms with E-state index in [-0.39, 0.29) is 6.04 Å². The van der Waals surface area contributed by atoms with Gasteiger partial charge in [0.15, 0.2) is 0 Å². The van der Waals surface area contributed by atoms with E-state index in [9.17, 15) is 8.42 Å². The highest BCUT2D eigenvalue weighted by atomic mass is 32.2. The number of anilines is 1. The summed E-state index contributed by atoms with van der Waals surface area (Å²) >= 11 is 2.90. The van der Waals surface area contributed by atoms with Crippen molar-refractivity contribution in [3.63, 3.8) is 0 Å². The van der Waals surface area contributed by atoms with Crippen molar-refractivity contribution < 1.29 is 8.42 Å². The zero-order valence-electron chi connectivity index (χ0n) is 9.55. The van der Waals surface area contributed by atoms with Crippen LogP contribution in [0.1, 0.15) is 19.3 Å². The molecular weight excluding hydrogens is 276 g/mol. The van der Waals surface area contributed by atoms with Crippen molar-refractivity contribution in [2.24, 2.45) is 0 Å². The molecule has 0 bridgehead atoms. The summed E-state index contributed by atoms with van der Waals surface area (Å²) in [7, 11) is -3.39. The molecule has 0 radical (unpaired) electrons. The molecule has 1 aliphatic carbocycles. The Morgan fingerprint density at radius 1 is 1.53 bits per heavy atom. The number of hydrogen-bond acceptors (Lipinski definition) is 5. The van der Waals surface area contributed by atoms with Crippen LogP contribution in [0.3, 0.4) is 0 Å². The molecule has 1 aliphatic rings. The maximum Gasteiger partial charge on any atom is 0.250 e. The van der Waals surface area contributed by atoms with E-state index < -0.39 is 10.0 Å². The van der Waals surface area contributed by atoms with Crippen molar-refractivity contribution in [3.05, 3.63) is 11.4 Å². The van der Waals surface area contributed by atoms with Crippen molar-refractivity contribution in [3.8, 4) is 0 Å². The molecule has 0 saturated heterocycles. The molecule has 1 aromatic heterocycles. The van der Waals surface area contributed by atoms with Gasteiger partial charge in [-0.05, 0) is 25.2 Å². The summed E-state index contributed by atoms with van der Waals surface area (Å²) in [6, 6.07) is 1.56. The third-order valence-corrected chi connectivity index (χ3v) is 7.04. The molecule has 0 spiro atoms. The molecule has 2 atom stereocenters. The Hall–Kier alpha value is -0.240. The van der Waals surface area contributed by atoms with Gasteiger partial charge in [-0.1, -0.05) is 6.42 Å². The predicted octanol–water partition coefficient (Wildman–Crippen LogP) is 1.89. The SMILES string of the molecule is CSC1CCCC1NS(=O)(=O)c1cc(N)cs1. The molecule has 0 amide bonds. The molecule has 1 fully saturated rings. The standard InChI is InChI=1S/C10H16N2O2S3/c1-15-9-4-2-3-8(9)12-17(13,14)10-5-7(11)6-16-10/h5-6,8-9,12H,2-4,11H2,1H3. The average molecular weight is 292 g/mol. The van der Waals surface area contributed by atoms with Crippen molar-refractivity contribution in [1.29, 1.82) is 0 Å². The largest absolute Gasteiger partial charge is 0.398 e. The lowest BCUT2D eigenvalue weighted by Gasteiger charge is -2.18. The Kier molecular flexibility index (Phi) is 4.02. The van der Waals surface area contributed by atoms with Gasteiger partial charge in [0.05, 0.1) is 0 Å². The van der Waals surface area contributed by atoms with Crippen LogP contribution in [0.4, 0.5) is 5.69 Å². The van der Waals surface area contributed by atoms with Crippen LogP contribution in [-0.4, -0.2) is 26.0 Å². The van der Waals surface area contributed by atoms with E-state index in [1.165, 1.54) is 17.4 Å². The van der Waals surface area contributed by atoms with Crippen LogP contribution < -0.4 is 10.5 Å². The fraction of sp³-hybridized carbons (Fsp3) is 0.600. The molecule has 7 heteroatoms. The molecule has 0 aliphatic heterocycles. The third-order valence-electron chi connectivity index (χ3n) is 2.92.